The quantitative estimate of drug-likeness (QED) is 0.759. The van der Waals surface area contributed by atoms with Crippen LogP contribution in [0.2, 0.25) is 0 Å². The monoisotopic (exact) mass is 392 g/mol. The molecule has 1 atom stereocenters. The van der Waals surface area contributed by atoms with Gasteiger partial charge in [0.05, 0.1) is 23.0 Å². The van der Waals surface area contributed by atoms with Crippen LogP contribution in [-0.4, -0.2) is 61.1 Å². The van der Waals surface area contributed by atoms with Crippen molar-refractivity contribution in [2.24, 2.45) is 7.05 Å². The minimum absolute atomic E-state index is 0.159. The number of aromatic nitrogens is 2. The van der Waals surface area contributed by atoms with Gasteiger partial charge in [-0.2, -0.15) is 0 Å². The number of carbonyl (C=O) groups excluding carboxylic acids is 1. The van der Waals surface area contributed by atoms with E-state index in [4.69, 9.17) is 4.74 Å². The molecule has 1 aliphatic rings. The first-order valence-corrected chi connectivity index (χ1v) is 10.2. The highest BCUT2D eigenvalue weighted by atomic mass is 32.2. The summed E-state index contributed by atoms with van der Waals surface area (Å²) in [7, 11) is -0.372. The number of nitrogens with zero attached hydrogens (tertiary/aromatic N) is 3. The molecule has 1 saturated heterocycles. The van der Waals surface area contributed by atoms with E-state index in [0.29, 0.717) is 31.7 Å². The highest BCUT2D eigenvalue weighted by Crippen LogP contribution is 2.28. The molecule has 3 rings (SSSR count). The predicted octanol–water partition coefficient (Wildman–Crippen LogP) is 1.02. The van der Waals surface area contributed by atoms with Crippen LogP contribution in [0.3, 0.4) is 0 Å². The summed E-state index contributed by atoms with van der Waals surface area (Å²) in [5.74, 6) is -0.159. The first-order chi connectivity index (χ1) is 12.9. The molecular weight excluding hydrogens is 368 g/mol. The lowest BCUT2D eigenvalue weighted by molar-refractivity contribution is 0.0766. The van der Waals surface area contributed by atoms with Gasteiger partial charge in [0.2, 0.25) is 10.0 Å². The summed E-state index contributed by atoms with van der Waals surface area (Å²) < 4.78 is 35.4. The number of sulfonamides is 1. The smallest absolute Gasteiger partial charge is 0.272 e. The number of methoxy groups -OCH3 is 1. The maximum Gasteiger partial charge on any atom is 0.272 e. The van der Waals surface area contributed by atoms with Crippen molar-refractivity contribution >= 4 is 15.9 Å². The van der Waals surface area contributed by atoms with Crippen molar-refractivity contribution in [3.63, 3.8) is 0 Å². The van der Waals surface area contributed by atoms with Crippen LogP contribution in [0.15, 0.2) is 47.8 Å². The molecule has 2 heterocycles. The van der Waals surface area contributed by atoms with Crippen molar-refractivity contribution in [2.45, 2.75) is 23.3 Å². The highest BCUT2D eigenvalue weighted by Gasteiger charge is 2.43. The van der Waals surface area contributed by atoms with Crippen molar-refractivity contribution in [3.8, 4) is 0 Å². The fraction of sp³-hybridized carbons (Fsp3) is 0.444. The predicted molar refractivity (Wildman–Crippen MR) is 99.7 cm³/mol. The van der Waals surface area contributed by atoms with Gasteiger partial charge in [0.25, 0.3) is 5.91 Å². The summed E-state index contributed by atoms with van der Waals surface area (Å²) in [5, 5.41) is 0. The van der Waals surface area contributed by atoms with E-state index >= 15 is 0 Å². The molecule has 0 aliphatic carbocycles. The van der Waals surface area contributed by atoms with Gasteiger partial charge in [-0.1, -0.05) is 18.2 Å². The largest absolute Gasteiger partial charge is 0.385 e. The Morgan fingerprint density at radius 2 is 2.07 bits per heavy atom. The minimum atomic E-state index is -3.70. The van der Waals surface area contributed by atoms with Crippen molar-refractivity contribution in [2.75, 3.05) is 26.8 Å². The number of hydrogen-bond donors (Lipinski definition) is 1. The Morgan fingerprint density at radius 1 is 1.33 bits per heavy atom. The van der Waals surface area contributed by atoms with Crippen LogP contribution in [0, 0.1) is 0 Å². The third-order valence-corrected chi connectivity index (χ3v) is 6.46. The van der Waals surface area contributed by atoms with Gasteiger partial charge >= 0.3 is 0 Å². The number of rotatable bonds is 7. The van der Waals surface area contributed by atoms with Gasteiger partial charge in [-0.05, 0) is 25.0 Å². The number of ether oxygens (including phenoxy) is 1. The molecule has 8 nitrogen and oxygen atoms in total. The van der Waals surface area contributed by atoms with Crippen LogP contribution in [0.1, 0.15) is 23.3 Å². The number of benzene rings is 1. The molecule has 0 radical (unpaired) electrons. The first-order valence-electron chi connectivity index (χ1n) is 8.70. The van der Waals surface area contributed by atoms with Crippen LogP contribution in [-0.2, 0) is 21.8 Å². The molecule has 0 bridgehead atoms. The number of imidazole rings is 1. The number of carbonyl (C=O) groups is 1. The van der Waals surface area contributed by atoms with Crippen LogP contribution in [0.5, 0.6) is 0 Å². The second-order valence-corrected chi connectivity index (χ2v) is 8.49. The van der Waals surface area contributed by atoms with Crippen molar-refractivity contribution < 1.29 is 17.9 Å². The van der Waals surface area contributed by atoms with E-state index in [2.05, 4.69) is 9.71 Å². The zero-order valence-electron chi connectivity index (χ0n) is 15.5. The Kier molecular flexibility index (Phi) is 5.64. The third-order valence-electron chi connectivity index (χ3n) is 4.87. The maximum atomic E-state index is 12.8. The molecule has 0 spiro atoms. The number of aryl methyl sites for hydroxylation is 1. The molecule has 1 N–H and O–H groups in total. The molecule has 1 fully saturated rings. The number of likely N-dealkylation sites (tertiary alicyclic amines) is 1. The minimum Gasteiger partial charge on any atom is -0.385 e. The molecule has 9 heteroatoms. The fourth-order valence-corrected chi connectivity index (χ4v) is 4.82. The summed E-state index contributed by atoms with van der Waals surface area (Å²) in [5.41, 5.74) is -0.290. The molecule has 1 amide bonds. The van der Waals surface area contributed by atoms with Crippen LogP contribution < -0.4 is 4.72 Å². The maximum absolute atomic E-state index is 12.8. The van der Waals surface area contributed by atoms with E-state index in [1.807, 2.05) is 0 Å². The third kappa shape index (κ3) is 4.20. The summed E-state index contributed by atoms with van der Waals surface area (Å²) in [6, 6.07) is 8.25. The van der Waals surface area contributed by atoms with Gasteiger partial charge in [0.15, 0.2) is 0 Å². The molecule has 1 unspecified atom stereocenters. The Hall–Kier alpha value is -2.23. The SMILES string of the molecule is COCCC1(NS(=O)(=O)c2ccccc2)CCN(C(=O)c2cncn2C)C1. The standard InChI is InChI=1S/C18H24N4O4S/c1-21-14-19-12-16(21)17(23)22-10-8-18(13-22,9-11-26-2)20-27(24,25)15-6-4-3-5-7-15/h3-7,12,14,20H,8-11,13H2,1-2H3. The van der Waals surface area contributed by atoms with Crippen molar-refractivity contribution in [3.05, 3.63) is 48.5 Å². The number of amides is 1. The zero-order valence-corrected chi connectivity index (χ0v) is 16.3. The van der Waals surface area contributed by atoms with Gasteiger partial charge < -0.3 is 14.2 Å². The highest BCUT2D eigenvalue weighted by molar-refractivity contribution is 7.89. The first kappa shape index (κ1) is 19.5. The summed E-state index contributed by atoms with van der Waals surface area (Å²) in [6.45, 7) is 1.14. The lowest BCUT2D eigenvalue weighted by Crippen LogP contribution is -2.51. The van der Waals surface area contributed by atoms with Crippen molar-refractivity contribution in [1.82, 2.24) is 19.2 Å². The molecular formula is C18H24N4O4S. The average Bonchev–Trinajstić information content (AvgIpc) is 3.27. The second kappa shape index (κ2) is 7.79. The molecule has 1 aromatic heterocycles. The van der Waals surface area contributed by atoms with Crippen molar-refractivity contribution in [1.29, 1.82) is 0 Å². The van der Waals surface area contributed by atoms with Gasteiger partial charge in [0.1, 0.15) is 5.69 Å². The molecule has 1 aromatic carbocycles. The van der Waals surface area contributed by atoms with Crippen LogP contribution in [0.25, 0.3) is 0 Å². The normalized spacial score (nSPS) is 20.1. The Balaban J connectivity index is 1.82. The van der Waals surface area contributed by atoms with Crippen LogP contribution >= 0.6 is 0 Å². The Bertz CT molecular complexity index is 897. The van der Waals surface area contributed by atoms with E-state index in [9.17, 15) is 13.2 Å². The molecule has 27 heavy (non-hydrogen) atoms. The Labute approximate surface area is 159 Å². The number of nitrogens with one attached hydrogen (secondary N) is 1. The van der Waals surface area contributed by atoms with Gasteiger partial charge in [-0.25, -0.2) is 18.1 Å². The molecule has 146 valence electrons. The van der Waals surface area contributed by atoms with Gasteiger partial charge in [-0.15, -0.1) is 0 Å². The van der Waals surface area contributed by atoms with Gasteiger partial charge in [-0.3, -0.25) is 4.79 Å². The molecule has 0 saturated carbocycles. The van der Waals surface area contributed by atoms with E-state index in [1.54, 1.807) is 60.3 Å². The van der Waals surface area contributed by atoms with Gasteiger partial charge in [0, 0.05) is 33.9 Å². The van der Waals surface area contributed by atoms with E-state index < -0.39 is 15.6 Å². The average molecular weight is 392 g/mol. The summed E-state index contributed by atoms with van der Waals surface area (Å²) in [6.07, 6.45) is 4.09. The Morgan fingerprint density at radius 3 is 2.70 bits per heavy atom. The lowest BCUT2D eigenvalue weighted by Gasteiger charge is -2.30. The molecule has 2 aromatic rings. The second-order valence-electron chi connectivity index (χ2n) is 6.81. The summed E-state index contributed by atoms with van der Waals surface area (Å²) >= 11 is 0. The topological polar surface area (TPSA) is 93.5 Å². The fourth-order valence-electron chi connectivity index (χ4n) is 3.35. The summed E-state index contributed by atoms with van der Waals surface area (Å²) in [4.78, 5) is 18.6. The van der Waals surface area contributed by atoms with E-state index in [0.717, 1.165) is 0 Å². The molecule has 1 aliphatic heterocycles. The zero-order chi connectivity index (χ0) is 19.5. The van der Waals surface area contributed by atoms with Crippen LogP contribution in [0.4, 0.5) is 0 Å². The van der Waals surface area contributed by atoms with E-state index in [-0.39, 0.29) is 17.3 Å². The number of hydrogen-bond acceptors (Lipinski definition) is 5. The van der Waals surface area contributed by atoms with E-state index in [1.165, 1.54) is 6.20 Å². The lowest BCUT2D eigenvalue weighted by atomic mass is 9.96.